The van der Waals surface area contributed by atoms with Crippen molar-refractivity contribution >= 4 is 5.97 Å². The predicted octanol–water partition coefficient (Wildman–Crippen LogP) is 3.01. The van der Waals surface area contributed by atoms with Gasteiger partial charge in [0.25, 0.3) is 0 Å². The van der Waals surface area contributed by atoms with Gasteiger partial charge < -0.3 is 5.11 Å². The van der Waals surface area contributed by atoms with Gasteiger partial charge in [0.15, 0.2) is 0 Å². The summed E-state index contributed by atoms with van der Waals surface area (Å²) in [4.78, 5) is 13.4. The van der Waals surface area contributed by atoms with E-state index in [9.17, 15) is 4.79 Å². The van der Waals surface area contributed by atoms with Crippen molar-refractivity contribution in [3.8, 4) is 0 Å². The lowest BCUT2D eigenvalue weighted by Crippen LogP contribution is -2.20. The molecule has 3 rings (SSSR count). The minimum Gasteiger partial charge on any atom is -0.478 e. The molecule has 1 heterocycles. The van der Waals surface area contributed by atoms with E-state index in [0.29, 0.717) is 5.56 Å². The van der Waals surface area contributed by atoms with E-state index < -0.39 is 5.97 Å². The topological polar surface area (TPSA) is 40.5 Å². The van der Waals surface area contributed by atoms with Gasteiger partial charge >= 0.3 is 5.97 Å². The number of benzene rings is 1. The van der Waals surface area contributed by atoms with E-state index in [1.165, 1.54) is 32.2 Å². The van der Waals surface area contributed by atoms with Crippen LogP contribution in [0.1, 0.15) is 41.6 Å². The second kappa shape index (κ2) is 5.33. The summed E-state index contributed by atoms with van der Waals surface area (Å²) in [6.45, 7) is 3.24. The monoisotopic (exact) mass is 259 g/mol. The number of hydrogen-bond acceptors (Lipinski definition) is 2. The standard InChI is InChI=1S/C16H21NO2/c18-16(19)15-3-1-2-13(9-15)10-17-7-6-14(11-17)8-12-4-5-12/h1-3,9,12,14H,4-8,10-11H2,(H,18,19). The van der Waals surface area contributed by atoms with Crippen molar-refractivity contribution in [3.63, 3.8) is 0 Å². The van der Waals surface area contributed by atoms with Crippen LogP contribution >= 0.6 is 0 Å². The molecule has 19 heavy (non-hydrogen) atoms. The molecule has 0 radical (unpaired) electrons. The summed E-state index contributed by atoms with van der Waals surface area (Å²) in [6, 6.07) is 7.33. The van der Waals surface area contributed by atoms with E-state index in [4.69, 9.17) is 5.11 Å². The fraction of sp³-hybridized carbons (Fsp3) is 0.562. The smallest absolute Gasteiger partial charge is 0.335 e. The Balaban J connectivity index is 1.56. The van der Waals surface area contributed by atoms with Crippen molar-refractivity contribution in [1.82, 2.24) is 4.90 Å². The molecule has 3 nitrogen and oxygen atoms in total. The van der Waals surface area contributed by atoms with Crippen LogP contribution in [0.5, 0.6) is 0 Å². The van der Waals surface area contributed by atoms with Gasteiger partial charge in [-0.05, 0) is 48.9 Å². The molecule has 1 saturated heterocycles. The zero-order valence-electron chi connectivity index (χ0n) is 11.2. The highest BCUT2D eigenvalue weighted by molar-refractivity contribution is 5.87. The molecular weight excluding hydrogens is 238 g/mol. The van der Waals surface area contributed by atoms with Gasteiger partial charge in [-0.3, -0.25) is 4.90 Å². The van der Waals surface area contributed by atoms with Crippen molar-refractivity contribution in [2.24, 2.45) is 11.8 Å². The first-order valence-electron chi connectivity index (χ1n) is 7.25. The Bertz CT molecular complexity index is 468. The Morgan fingerprint density at radius 2 is 2.11 bits per heavy atom. The number of likely N-dealkylation sites (tertiary alicyclic amines) is 1. The molecular formula is C16H21NO2. The van der Waals surface area contributed by atoms with Crippen LogP contribution in [0.3, 0.4) is 0 Å². The molecule has 1 atom stereocenters. The molecule has 1 aliphatic heterocycles. The third-order valence-corrected chi connectivity index (χ3v) is 4.31. The van der Waals surface area contributed by atoms with Gasteiger partial charge in [0.1, 0.15) is 0 Å². The maximum absolute atomic E-state index is 11.0. The van der Waals surface area contributed by atoms with Crippen LogP contribution in [0.15, 0.2) is 24.3 Å². The highest BCUT2D eigenvalue weighted by Gasteiger charge is 2.29. The quantitative estimate of drug-likeness (QED) is 0.883. The molecule has 2 fully saturated rings. The summed E-state index contributed by atoms with van der Waals surface area (Å²) in [7, 11) is 0. The summed E-state index contributed by atoms with van der Waals surface area (Å²) >= 11 is 0. The average molecular weight is 259 g/mol. The Hall–Kier alpha value is -1.35. The van der Waals surface area contributed by atoms with Gasteiger partial charge in [0.05, 0.1) is 5.56 Å². The fourth-order valence-electron chi connectivity index (χ4n) is 3.13. The minimum atomic E-state index is -0.838. The van der Waals surface area contributed by atoms with Crippen LogP contribution in [0.2, 0.25) is 0 Å². The first-order valence-corrected chi connectivity index (χ1v) is 7.25. The Morgan fingerprint density at radius 1 is 1.26 bits per heavy atom. The minimum absolute atomic E-state index is 0.395. The average Bonchev–Trinajstić information content (AvgIpc) is 3.09. The molecule has 1 unspecified atom stereocenters. The van der Waals surface area contributed by atoms with Crippen molar-refractivity contribution < 1.29 is 9.90 Å². The molecule has 102 valence electrons. The molecule has 0 amide bonds. The lowest BCUT2D eigenvalue weighted by Gasteiger charge is -2.16. The highest BCUT2D eigenvalue weighted by Crippen LogP contribution is 2.38. The summed E-state index contributed by atoms with van der Waals surface area (Å²) in [6.07, 6.45) is 5.61. The van der Waals surface area contributed by atoms with E-state index in [0.717, 1.165) is 30.5 Å². The van der Waals surface area contributed by atoms with Gasteiger partial charge in [-0.1, -0.05) is 25.0 Å². The van der Waals surface area contributed by atoms with E-state index in [1.807, 2.05) is 12.1 Å². The van der Waals surface area contributed by atoms with E-state index >= 15 is 0 Å². The largest absolute Gasteiger partial charge is 0.478 e. The van der Waals surface area contributed by atoms with Crippen LogP contribution in [0.25, 0.3) is 0 Å². The van der Waals surface area contributed by atoms with E-state index in [-0.39, 0.29) is 0 Å². The van der Waals surface area contributed by atoms with Gasteiger partial charge in [0.2, 0.25) is 0 Å². The molecule has 1 aromatic carbocycles. The van der Waals surface area contributed by atoms with Crippen LogP contribution < -0.4 is 0 Å². The number of nitrogens with zero attached hydrogens (tertiary/aromatic N) is 1. The summed E-state index contributed by atoms with van der Waals surface area (Å²) in [5, 5.41) is 9.00. The van der Waals surface area contributed by atoms with Crippen molar-refractivity contribution in [1.29, 1.82) is 0 Å². The van der Waals surface area contributed by atoms with Crippen molar-refractivity contribution in [2.75, 3.05) is 13.1 Å². The summed E-state index contributed by atoms with van der Waals surface area (Å²) < 4.78 is 0. The SMILES string of the molecule is O=C(O)c1cccc(CN2CCC(CC3CC3)C2)c1. The number of carboxylic acid groups (broad SMARTS) is 1. The number of carboxylic acids is 1. The highest BCUT2D eigenvalue weighted by atomic mass is 16.4. The normalized spacial score (nSPS) is 23.7. The molecule has 0 spiro atoms. The second-order valence-corrected chi connectivity index (χ2v) is 6.07. The lowest BCUT2D eigenvalue weighted by atomic mass is 10.0. The van der Waals surface area contributed by atoms with E-state index in [1.54, 1.807) is 12.1 Å². The van der Waals surface area contributed by atoms with Crippen molar-refractivity contribution in [2.45, 2.75) is 32.2 Å². The Labute approximate surface area is 114 Å². The number of hydrogen-bond donors (Lipinski definition) is 1. The van der Waals surface area contributed by atoms with Crippen LogP contribution in [-0.4, -0.2) is 29.1 Å². The van der Waals surface area contributed by atoms with Crippen LogP contribution in [0, 0.1) is 11.8 Å². The molecule has 0 aromatic heterocycles. The van der Waals surface area contributed by atoms with Gasteiger partial charge in [-0.2, -0.15) is 0 Å². The van der Waals surface area contributed by atoms with Crippen molar-refractivity contribution in [3.05, 3.63) is 35.4 Å². The lowest BCUT2D eigenvalue weighted by molar-refractivity contribution is 0.0696. The van der Waals surface area contributed by atoms with Gasteiger partial charge in [0, 0.05) is 13.1 Å². The van der Waals surface area contributed by atoms with E-state index in [2.05, 4.69) is 4.90 Å². The molecule has 3 heteroatoms. The first kappa shape index (κ1) is 12.7. The molecule has 2 aliphatic rings. The zero-order valence-corrected chi connectivity index (χ0v) is 11.2. The second-order valence-electron chi connectivity index (χ2n) is 6.07. The maximum Gasteiger partial charge on any atom is 0.335 e. The predicted molar refractivity (Wildman–Crippen MR) is 74.1 cm³/mol. The van der Waals surface area contributed by atoms with Gasteiger partial charge in [-0.25, -0.2) is 4.79 Å². The number of carbonyl (C=O) groups is 1. The maximum atomic E-state index is 11.0. The third kappa shape index (κ3) is 3.35. The Morgan fingerprint density at radius 3 is 2.84 bits per heavy atom. The number of aromatic carboxylic acids is 1. The van der Waals surface area contributed by atoms with Gasteiger partial charge in [-0.15, -0.1) is 0 Å². The molecule has 1 aromatic rings. The van der Waals surface area contributed by atoms with Crippen LogP contribution in [-0.2, 0) is 6.54 Å². The molecule has 1 N–H and O–H groups in total. The first-order chi connectivity index (χ1) is 9.20. The molecule has 1 aliphatic carbocycles. The third-order valence-electron chi connectivity index (χ3n) is 4.31. The summed E-state index contributed by atoms with van der Waals surface area (Å²) in [5.41, 5.74) is 1.51. The number of rotatable bonds is 5. The fourth-order valence-corrected chi connectivity index (χ4v) is 3.13. The zero-order chi connectivity index (χ0) is 13.2. The Kier molecular flexibility index (Phi) is 3.56. The summed E-state index contributed by atoms with van der Waals surface area (Å²) in [5.74, 6) is 1.05. The molecule has 0 bridgehead atoms. The van der Waals surface area contributed by atoms with Crippen LogP contribution in [0.4, 0.5) is 0 Å². The molecule has 1 saturated carbocycles.